The Hall–Kier alpha value is -3.15. The topological polar surface area (TPSA) is 65.1 Å². The Morgan fingerprint density at radius 3 is 2.43 bits per heavy atom. The van der Waals surface area contributed by atoms with E-state index < -0.39 is 17.4 Å². The van der Waals surface area contributed by atoms with Crippen molar-refractivity contribution in [1.29, 1.82) is 0 Å². The van der Waals surface area contributed by atoms with E-state index in [1.807, 2.05) is 6.07 Å². The molecule has 0 aliphatic heterocycles. The average Bonchev–Trinajstić information content (AvgIpc) is 3.25. The standard InChI is InChI=1S/C24H24F2N2O2/c25-21-10-18(23(29)11-22(21)26)19-13-27-14-20(19)24(30)28-12-15-6-8-17(9-7-15)16-4-2-1-3-5-16/h1-5,10-11,13-15,17,27,29H,6-9,12H2,(H,28,30). The van der Waals surface area contributed by atoms with E-state index in [-0.39, 0.29) is 17.0 Å². The first-order chi connectivity index (χ1) is 14.5. The summed E-state index contributed by atoms with van der Waals surface area (Å²) >= 11 is 0. The molecule has 0 spiro atoms. The molecule has 1 amide bonds. The van der Waals surface area contributed by atoms with Gasteiger partial charge in [0, 0.05) is 36.1 Å². The third-order valence-corrected chi connectivity index (χ3v) is 5.99. The fourth-order valence-corrected chi connectivity index (χ4v) is 4.28. The molecule has 0 radical (unpaired) electrons. The van der Waals surface area contributed by atoms with Crippen LogP contribution >= 0.6 is 0 Å². The molecule has 1 aliphatic rings. The summed E-state index contributed by atoms with van der Waals surface area (Å²) in [5.74, 6) is -1.95. The van der Waals surface area contributed by atoms with Crippen molar-refractivity contribution in [2.75, 3.05) is 6.54 Å². The van der Waals surface area contributed by atoms with Gasteiger partial charge < -0.3 is 15.4 Å². The van der Waals surface area contributed by atoms with Gasteiger partial charge >= 0.3 is 0 Å². The lowest BCUT2D eigenvalue weighted by Crippen LogP contribution is -2.31. The van der Waals surface area contributed by atoms with E-state index in [0.717, 1.165) is 31.7 Å². The maximum absolute atomic E-state index is 13.6. The van der Waals surface area contributed by atoms with Crippen LogP contribution in [0, 0.1) is 17.6 Å². The summed E-state index contributed by atoms with van der Waals surface area (Å²) in [5.41, 5.74) is 2.07. The normalized spacial score (nSPS) is 18.9. The monoisotopic (exact) mass is 410 g/mol. The summed E-state index contributed by atoms with van der Waals surface area (Å²) in [6, 6.07) is 12.1. The second kappa shape index (κ2) is 8.69. The Kier molecular flexibility index (Phi) is 5.84. The highest BCUT2D eigenvalue weighted by Gasteiger charge is 2.24. The molecule has 1 saturated carbocycles. The van der Waals surface area contributed by atoms with Gasteiger partial charge in [-0.1, -0.05) is 30.3 Å². The van der Waals surface area contributed by atoms with Gasteiger partial charge in [0.2, 0.25) is 0 Å². The van der Waals surface area contributed by atoms with Crippen LogP contribution in [-0.2, 0) is 0 Å². The minimum Gasteiger partial charge on any atom is -0.507 e. The van der Waals surface area contributed by atoms with Crippen LogP contribution in [0.1, 0.15) is 47.5 Å². The summed E-state index contributed by atoms with van der Waals surface area (Å²) < 4.78 is 26.9. The number of hydrogen-bond acceptors (Lipinski definition) is 2. The van der Waals surface area contributed by atoms with Crippen molar-refractivity contribution in [3.63, 3.8) is 0 Å². The van der Waals surface area contributed by atoms with E-state index in [0.29, 0.717) is 30.0 Å². The van der Waals surface area contributed by atoms with Crippen LogP contribution in [-0.4, -0.2) is 22.5 Å². The predicted octanol–water partition coefficient (Wildman–Crippen LogP) is 5.37. The van der Waals surface area contributed by atoms with Crippen molar-refractivity contribution < 1.29 is 18.7 Å². The van der Waals surface area contributed by atoms with Gasteiger partial charge in [-0.25, -0.2) is 8.78 Å². The smallest absolute Gasteiger partial charge is 0.253 e. The first kappa shape index (κ1) is 20.1. The highest BCUT2D eigenvalue weighted by molar-refractivity contribution is 6.01. The van der Waals surface area contributed by atoms with Crippen molar-refractivity contribution in [2.24, 2.45) is 5.92 Å². The Labute approximate surface area is 174 Å². The van der Waals surface area contributed by atoms with Crippen LogP contribution in [0.2, 0.25) is 0 Å². The Bertz CT molecular complexity index is 1020. The summed E-state index contributed by atoms with van der Waals surface area (Å²) in [6.45, 7) is 0.564. The quantitative estimate of drug-likeness (QED) is 0.529. The number of aromatic amines is 1. The second-order valence-electron chi connectivity index (χ2n) is 7.90. The zero-order valence-corrected chi connectivity index (χ0v) is 16.5. The lowest BCUT2D eigenvalue weighted by Gasteiger charge is -2.29. The first-order valence-corrected chi connectivity index (χ1v) is 10.2. The van der Waals surface area contributed by atoms with Gasteiger partial charge in [-0.2, -0.15) is 0 Å². The maximum Gasteiger partial charge on any atom is 0.253 e. The lowest BCUT2D eigenvalue weighted by molar-refractivity contribution is 0.0943. The number of H-pyrrole nitrogens is 1. The third-order valence-electron chi connectivity index (χ3n) is 5.99. The van der Waals surface area contributed by atoms with Crippen LogP contribution in [0.4, 0.5) is 8.78 Å². The van der Waals surface area contributed by atoms with Gasteiger partial charge in [-0.15, -0.1) is 0 Å². The summed E-state index contributed by atoms with van der Waals surface area (Å²) in [7, 11) is 0. The highest BCUT2D eigenvalue weighted by atomic mass is 19.2. The molecular formula is C24H24F2N2O2. The highest BCUT2D eigenvalue weighted by Crippen LogP contribution is 2.36. The van der Waals surface area contributed by atoms with Crippen molar-refractivity contribution in [3.05, 3.63) is 77.6 Å². The second-order valence-corrected chi connectivity index (χ2v) is 7.90. The van der Waals surface area contributed by atoms with E-state index in [1.54, 1.807) is 0 Å². The Balaban J connectivity index is 1.37. The molecule has 2 aromatic carbocycles. The number of aromatic hydroxyl groups is 1. The van der Waals surface area contributed by atoms with Crippen molar-refractivity contribution in [2.45, 2.75) is 31.6 Å². The molecular weight excluding hydrogens is 386 g/mol. The molecule has 1 aromatic heterocycles. The van der Waals surface area contributed by atoms with E-state index in [2.05, 4.69) is 34.6 Å². The molecule has 3 N–H and O–H groups in total. The van der Waals surface area contributed by atoms with Crippen LogP contribution in [0.3, 0.4) is 0 Å². The van der Waals surface area contributed by atoms with E-state index in [1.165, 1.54) is 18.0 Å². The van der Waals surface area contributed by atoms with Gasteiger partial charge in [0.1, 0.15) is 5.75 Å². The Morgan fingerprint density at radius 2 is 1.70 bits per heavy atom. The lowest BCUT2D eigenvalue weighted by atomic mass is 9.78. The van der Waals surface area contributed by atoms with Crippen molar-refractivity contribution in [1.82, 2.24) is 10.3 Å². The zero-order valence-electron chi connectivity index (χ0n) is 16.5. The molecule has 1 fully saturated rings. The molecule has 0 unspecified atom stereocenters. The van der Waals surface area contributed by atoms with Crippen LogP contribution < -0.4 is 5.32 Å². The molecule has 0 bridgehead atoms. The van der Waals surface area contributed by atoms with Crippen LogP contribution in [0.15, 0.2) is 54.9 Å². The fraction of sp³-hybridized carbons (Fsp3) is 0.292. The third kappa shape index (κ3) is 4.22. The molecule has 6 heteroatoms. The molecule has 4 rings (SSSR count). The number of rotatable bonds is 5. The number of hydrogen-bond donors (Lipinski definition) is 3. The minimum absolute atomic E-state index is 0.0728. The Morgan fingerprint density at radius 1 is 1.00 bits per heavy atom. The number of carbonyl (C=O) groups is 1. The molecule has 1 aliphatic carbocycles. The minimum atomic E-state index is -1.14. The number of phenolic OH excluding ortho intramolecular Hbond substituents is 1. The number of phenols is 1. The van der Waals surface area contributed by atoms with Gasteiger partial charge in [0.05, 0.1) is 5.56 Å². The van der Waals surface area contributed by atoms with Gasteiger partial charge in [0.15, 0.2) is 11.6 Å². The summed E-state index contributed by atoms with van der Waals surface area (Å²) in [4.78, 5) is 15.5. The van der Waals surface area contributed by atoms with Crippen LogP contribution in [0.25, 0.3) is 11.1 Å². The van der Waals surface area contributed by atoms with Crippen molar-refractivity contribution in [3.8, 4) is 16.9 Å². The number of benzene rings is 2. The fourth-order valence-electron chi connectivity index (χ4n) is 4.28. The van der Waals surface area contributed by atoms with Gasteiger partial charge in [-0.05, 0) is 49.1 Å². The largest absolute Gasteiger partial charge is 0.507 e. The first-order valence-electron chi connectivity index (χ1n) is 10.2. The van der Waals surface area contributed by atoms with E-state index in [4.69, 9.17) is 0 Å². The number of nitrogens with one attached hydrogen (secondary N) is 2. The van der Waals surface area contributed by atoms with Crippen LogP contribution in [0.5, 0.6) is 5.75 Å². The SMILES string of the molecule is O=C(NCC1CCC(c2ccccc2)CC1)c1c[nH]cc1-c1cc(F)c(F)cc1O. The molecule has 1 heterocycles. The van der Waals surface area contributed by atoms with Gasteiger partial charge in [-0.3, -0.25) is 4.79 Å². The predicted molar refractivity (Wildman–Crippen MR) is 111 cm³/mol. The summed E-state index contributed by atoms with van der Waals surface area (Å²) in [5, 5.41) is 13.0. The molecule has 4 nitrogen and oxygen atoms in total. The molecule has 0 saturated heterocycles. The molecule has 0 atom stereocenters. The van der Waals surface area contributed by atoms with E-state index >= 15 is 0 Å². The number of halogens is 2. The maximum atomic E-state index is 13.6. The zero-order chi connectivity index (χ0) is 21.1. The molecule has 156 valence electrons. The summed E-state index contributed by atoms with van der Waals surface area (Å²) in [6.07, 6.45) is 7.28. The number of amides is 1. The number of carbonyl (C=O) groups excluding carboxylic acids is 1. The average molecular weight is 410 g/mol. The number of aromatic nitrogens is 1. The molecule has 3 aromatic rings. The van der Waals surface area contributed by atoms with Gasteiger partial charge in [0.25, 0.3) is 5.91 Å². The van der Waals surface area contributed by atoms with E-state index in [9.17, 15) is 18.7 Å². The van der Waals surface area contributed by atoms with Crippen molar-refractivity contribution >= 4 is 5.91 Å². The molecule has 30 heavy (non-hydrogen) atoms.